The summed E-state index contributed by atoms with van der Waals surface area (Å²) in [5.74, 6) is -2.31. The van der Waals surface area contributed by atoms with Crippen molar-refractivity contribution in [2.24, 2.45) is 0 Å². The second kappa shape index (κ2) is 12.2. The Bertz CT molecular complexity index is 1550. The minimum absolute atomic E-state index is 0.0728. The summed E-state index contributed by atoms with van der Waals surface area (Å²) in [6, 6.07) is 8.75. The highest BCUT2D eigenvalue weighted by atomic mass is 32.1. The van der Waals surface area contributed by atoms with Gasteiger partial charge < -0.3 is 9.64 Å². The van der Waals surface area contributed by atoms with Crippen molar-refractivity contribution in [2.45, 2.75) is 45.8 Å². The number of pyridine rings is 1. The number of carbonyl (C=O) groups is 2. The van der Waals surface area contributed by atoms with E-state index in [1.807, 2.05) is 6.92 Å². The molecule has 1 amide bonds. The Morgan fingerprint density at radius 1 is 1.02 bits per heavy atom. The molecule has 2 aromatic heterocycles. The van der Waals surface area contributed by atoms with Crippen molar-refractivity contribution in [3.05, 3.63) is 110 Å². The third-order valence-electron chi connectivity index (χ3n) is 6.42. The molecule has 0 saturated heterocycles. The van der Waals surface area contributed by atoms with Crippen LogP contribution >= 0.6 is 11.3 Å². The van der Waals surface area contributed by atoms with E-state index in [1.54, 1.807) is 37.7 Å². The third-order valence-corrected chi connectivity index (χ3v) is 7.20. The molecule has 0 aliphatic carbocycles. The first-order valence-corrected chi connectivity index (χ1v) is 13.5. The zero-order valence-electron chi connectivity index (χ0n) is 22.8. The molecule has 0 saturated carbocycles. The summed E-state index contributed by atoms with van der Waals surface area (Å²) in [6.45, 7) is 5.18. The fraction of sp³-hybridized carbons (Fsp3) is 0.267. The van der Waals surface area contributed by atoms with Crippen molar-refractivity contribution in [2.75, 3.05) is 12.0 Å². The molecular formula is C30H27F4N3O3S. The first kappa shape index (κ1) is 29.9. The number of carbonyl (C=O) groups excluding carboxylic acids is 2. The van der Waals surface area contributed by atoms with Crippen LogP contribution in [0, 0.1) is 12.7 Å². The molecule has 0 bridgehead atoms. The standard InChI is InChI=1S/C30H27F4N3O3S/c1-17(2)37(28(38)26-8-5-18(3)14-36-26)27-13-25(31)21(12-23(27)29(39)40-4)11-20-7-6-19(9-22-15-35-16-41-22)10-24(20)30(32,33)34/h5-8,10,12-17H,9,11H2,1-4H3. The predicted octanol–water partition coefficient (Wildman–Crippen LogP) is 7.03. The van der Waals surface area contributed by atoms with Crippen LogP contribution in [0.25, 0.3) is 0 Å². The zero-order valence-corrected chi connectivity index (χ0v) is 23.6. The molecule has 11 heteroatoms. The van der Waals surface area contributed by atoms with Gasteiger partial charge >= 0.3 is 12.1 Å². The first-order chi connectivity index (χ1) is 19.4. The number of thiazole rings is 1. The van der Waals surface area contributed by atoms with Crippen LogP contribution in [0.5, 0.6) is 0 Å². The lowest BCUT2D eigenvalue weighted by atomic mass is 9.94. The summed E-state index contributed by atoms with van der Waals surface area (Å²) >= 11 is 1.34. The molecule has 0 atom stereocenters. The number of benzene rings is 2. The minimum Gasteiger partial charge on any atom is -0.465 e. The minimum atomic E-state index is -4.69. The number of halogens is 4. The number of aromatic nitrogens is 2. The Labute approximate surface area is 238 Å². The van der Waals surface area contributed by atoms with Gasteiger partial charge in [0.1, 0.15) is 11.5 Å². The quantitative estimate of drug-likeness (QED) is 0.164. The van der Waals surface area contributed by atoms with E-state index in [9.17, 15) is 22.8 Å². The van der Waals surface area contributed by atoms with Crippen molar-refractivity contribution in [3.8, 4) is 0 Å². The number of methoxy groups -OCH3 is 1. The highest BCUT2D eigenvalue weighted by molar-refractivity contribution is 7.09. The lowest BCUT2D eigenvalue weighted by Gasteiger charge is -2.28. The van der Waals surface area contributed by atoms with E-state index < -0.39 is 41.9 Å². The Morgan fingerprint density at radius 2 is 1.78 bits per heavy atom. The van der Waals surface area contributed by atoms with Crippen LogP contribution in [0.4, 0.5) is 23.2 Å². The molecule has 0 fully saturated rings. The molecule has 0 N–H and O–H groups in total. The number of anilines is 1. The normalized spacial score (nSPS) is 11.5. The average Bonchev–Trinajstić information content (AvgIpc) is 3.43. The summed E-state index contributed by atoms with van der Waals surface area (Å²) in [5.41, 5.74) is 1.51. The number of alkyl halides is 3. The number of amides is 1. The lowest BCUT2D eigenvalue weighted by Crippen LogP contribution is -2.38. The van der Waals surface area contributed by atoms with Crippen molar-refractivity contribution < 1.29 is 31.9 Å². The number of hydrogen-bond donors (Lipinski definition) is 0. The lowest BCUT2D eigenvalue weighted by molar-refractivity contribution is -0.138. The van der Waals surface area contributed by atoms with Gasteiger partial charge in [0.15, 0.2) is 0 Å². The second-order valence-corrected chi connectivity index (χ2v) is 10.7. The van der Waals surface area contributed by atoms with Crippen molar-refractivity contribution in [1.29, 1.82) is 0 Å². The van der Waals surface area contributed by atoms with Gasteiger partial charge in [-0.15, -0.1) is 11.3 Å². The Morgan fingerprint density at radius 3 is 2.37 bits per heavy atom. The molecule has 0 spiro atoms. The van der Waals surface area contributed by atoms with E-state index in [4.69, 9.17) is 4.74 Å². The van der Waals surface area contributed by atoms with Crippen molar-refractivity contribution in [1.82, 2.24) is 9.97 Å². The molecule has 6 nitrogen and oxygen atoms in total. The molecule has 0 aliphatic rings. The number of hydrogen-bond acceptors (Lipinski definition) is 6. The monoisotopic (exact) mass is 585 g/mol. The fourth-order valence-electron chi connectivity index (χ4n) is 4.44. The first-order valence-electron chi connectivity index (χ1n) is 12.6. The Kier molecular flexibility index (Phi) is 8.86. The summed E-state index contributed by atoms with van der Waals surface area (Å²) in [5, 5.41) is 0. The summed E-state index contributed by atoms with van der Waals surface area (Å²) in [6.07, 6.45) is -1.75. The maximum Gasteiger partial charge on any atom is 0.416 e. The molecule has 2 heterocycles. The van der Waals surface area contributed by atoms with Crippen LogP contribution in [0.2, 0.25) is 0 Å². The molecule has 214 valence electrons. The van der Waals surface area contributed by atoms with Crippen LogP contribution in [0.1, 0.15) is 67.4 Å². The topological polar surface area (TPSA) is 72.4 Å². The Hall–Kier alpha value is -4.12. The molecule has 0 unspecified atom stereocenters. The van der Waals surface area contributed by atoms with Gasteiger partial charge in [0.05, 0.1) is 29.4 Å². The van der Waals surface area contributed by atoms with Gasteiger partial charge in [0.2, 0.25) is 0 Å². The summed E-state index contributed by atoms with van der Waals surface area (Å²) < 4.78 is 62.7. The SMILES string of the molecule is COC(=O)c1cc(Cc2ccc(Cc3cncs3)cc2C(F)(F)F)c(F)cc1N(C(=O)c1ccc(C)cn1)C(C)C. The average molecular weight is 586 g/mol. The maximum atomic E-state index is 15.6. The Balaban J connectivity index is 1.77. The van der Waals surface area contributed by atoms with E-state index in [2.05, 4.69) is 9.97 Å². The van der Waals surface area contributed by atoms with E-state index in [0.717, 1.165) is 35.7 Å². The maximum absolute atomic E-state index is 15.6. The summed E-state index contributed by atoms with van der Waals surface area (Å²) in [7, 11) is 1.13. The number of esters is 1. The predicted molar refractivity (Wildman–Crippen MR) is 148 cm³/mol. The largest absolute Gasteiger partial charge is 0.465 e. The van der Waals surface area contributed by atoms with Gasteiger partial charge in [0, 0.05) is 36.2 Å². The fourth-order valence-corrected chi connectivity index (χ4v) is 5.07. The third kappa shape index (κ3) is 6.79. The van der Waals surface area contributed by atoms with E-state index in [0.29, 0.717) is 5.56 Å². The summed E-state index contributed by atoms with van der Waals surface area (Å²) in [4.78, 5) is 36.4. The zero-order chi connectivity index (χ0) is 29.9. The molecule has 0 aliphatic heterocycles. The van der Waals surface area contributed by atoms with Gasteiger partial charge in [-0.05, 0) is 67.3 Å². The van der Waals surface area contributed by atoms with Crippen molar-refractivity contribution >= 4 is 28.9 Å². The van der Waals surface area contributed by atoms with Crippen LogP contribution in [0.15, 0.2) is 60.4 Å². The molecule has 41 heavy (non-hydrogen) atoms. The van der Waals surface area contributed by atoms with E-state index in [-0.39, 0.29) is 34.5 Å². The highest BCUT2D eigenvalue weighted by Crippen LogP contribution is 2.36. The van der Waals surface area contributed by atoms with Crippen LogP contribution < -0.4 is 4.90 Å². The van der Waals surface area contributed by atoms with Gasteiger partial charge in [-0.1, -0.05) is 18.2 Å². The number of rotatable bonds is 8. The van der Waals surface area contributed by atoms with Crippen molar-refractivity contribution in [3.63, 3.8) is 0 Å². The number of aryl methyl sites for hydroxylation is 1. The van der Waals surface area contributed by atoms with Gasteiger partial charge in [-0.2, -0.15) is 13.2 Å². The van der Waals surface area contributed by atoms with Crippen LogP contribution in [-0.2, 0) is 23.8 Å². The second-order valence-electron chi connectivity index (χ2n) is 9.75. The smallest absolute Gasteiger partial charge is 0.416 e. The number of nitrogens with zero attached hydrogens (tertiary/aromatic N) is 3. The van der Waals surface area contributed by atoms with E-state index >= 15 is 4.39 Å². The van der Waals surface area contributed by atoms with E-state index in [1.165, 1.54) is 34.6 Å². The number of ether oxygens (including phenoxy) is 1. The van der Waals surface area contributed by atoms with Gasteiger partial charge in [-0.25, -0.2) is 9.18 Å². The molecule has 2 aromatic carbocycles. The van der Waals surface area contributed by atoms with Crippen LogP contribution in [-0.4, -0.2) is 35.0 Å². The van der Waals surface area contributed by atoms with Gasteiger partial charge in [-0.3, -0.25) is 14.8 Å². The van der Waals surface area contributed by atoms with Gasteiger partial charge in [0.25, 0.3) is 5.91 Å². The highest BCUT2D eigenvalue weighted by Gasteiger charge is 2.34. The molecular weight excluding hydrogens is 558 g/mol. The van der Waals surface area contributed by atoms with Crippen LogP contribution in [0.3, 0.4) is 0 Å². The molecule has 4 aromatic rings. The molecule has 4 rings (SSSR count). The molecule has 0 radical (unpaired) electrons.